The molecule has 0 saturated heterocycles. The number of hydrogen-bond acceptors (Lipinski definition) is 3. The Balaban J connectivity index is 4.19. The molecule has 122 valence electrons. The molecule has 0 aromatic rings. The lowest BCUT2D eigenvalue weighted by molar-refractivity contribution is -0.129. The van der Waals surface area contributed by atoms with Crippen LogP contribution < -0.4 is 16.0 Å². The lowest BCUT2D eigenvalue weighted by Gasteiger charge is -2.17. The van der Waals surface area contributed by atoms with E-state index in [0.29, 0.717) is 19.5 Å². The average Bonchev–Trinajstić information content (AvgIpc) is 2.43. The summed E-state index contributed by atoms with van der Waals surface area (Å²) in [4.78, 5) is 34.8. The Morgan fingerprint density at radius 2 is 1.52 bits per heavy atom. The van der Waals surface area contributed by atoms with E-state index >= 15 is 0 Å². The van der Waals surface area contributed by atoms with Crippen LogP contribution >= 0.6 is 0 Å². The third kappa shape index (κ3) is 10.8. The zero-order chi connectivity index (χ0) is 16.1. The molecule has 0 aliphatic rings. The highest BCUT2D eigenvalue weighted by Crippen LogP contribution is 1.99. The molecule has 0 radical (unpaired) electrons. The van der Waals surface area contributed by atoms with Crippen molar-refractivity contribution in [2.45, 2.75) is 65.3 Å². The molecule has 0 aromatic heterocycles. The molecule has 0 aliphatic heterocycles. The monoisotopic (exact) mass is 299 g/mol. The number of nitrogens with one attached hydrogen (secondary N) is 3. The van der Waals surface area contributed by atoms with Crippen molar-refractivity contribution in [3.63, 3.8) is 0 Å². The van der Waals surface area contributed by atoms with Gasteiger partial charge in [0, 0.05) is 26.4 Å². The van der Waals surface area contributed by atoms with Crippen molar-refractivity contribution in [2.75, 3.05) is 13.1 Å². The van der Waals surface area contributed by atoms with Crippen molar-refractivity contribution in [3.05, 3.63) is 0 Å². The van der Waals surface area contributed by atoms with Crippen molar-refractivity contribution in [3.8, 4) is 0 Å². The van der Waals surface area contributed by atoms with E-state index in [-0.39, 0.29) is 24.1 Å². The van der Waals surface area contributed by atoms with Gasteiger partial charge in [0.05, 0.1) is 0 Å². The van der Waals surface area contributed by atoms with E-state index in [0.717, 1.165) is 25.7 Å². The van der Waals surface area contributed by atoms with Gasteiger partial charge >= 0.3 is 0 Å². The van der Waals surface area contributed by atoms with E-state index in [1.165, 1.54) is 6.92 Å². The number of unbranched alkanes of at least 4 members (excludes halogenated alkanes) is 2. The fourth-order valence-electron chi connectivity index (χ4n) is 1.79. The Bertz CT molecular complexity index is 332. The second-order valence-electron chi connectivity index (χ2n) is 5.14. The van der Waals surface area contributed by atoms with Gasteiger partial charge in [-0.05, 0) is 19.3 Å². The Kier molecular flexibility index (Phi) is 11.3. The van der Waals surface area contributed by atoms with E-state index in [1.807, 2.05) is 6.92 Å². The maximum Gasteiger partial charge on any atom is 0.242 e. The Labute approximate surface area is 127 Å². The topological polar surface area (TPSA) is 87.3 Å². The molecule has 3 amide bonds. The van der Waals surface area contributed by atoms with Crippen LogP contribution in [0.5, 0.6) is 0 Å². The van der Waals surface area contributed by atoms with Crippen LogP contribution in [0.25, 0.3) is 0 Å². The molecule has 1 unspecified atom stereocenters. The van der Waals surface area contributed by atoms with Crippen LogP contribution in [0.2, 0.25) is 0 Å². The van der Waals surface area contributed by atoms with Crippen molar-refractivity contribution in [1.29, 1.82) is 0 Å². The Morgan fingerprint density at radius 1 is 0.952 bits per heavy atom. The zero-order valence-electron chi connectivity index (χ0n) is 13.5. The summed E-state index contributed by atoms with van der Waals surface area (Å²) in [6.07, 6.45) is 4.40. The number of carbonyl (C=O) groups is 3. The van der Waals surface area contributed by atoms with E-state index in [2.05, 4.69) is 22.9 Å². The molecule has 6 nitrogen and oxygen atoms in total. The number of hydrogen-bond donors (Lipinski definition) is 3. The maximum absolute atomic E-state index is 12.0. The summed E-state index contributed by atoms with van der Waals surface area (Å²) < 4.78 is 0. The molecule has 0 bridgehead atoms. The highest BCUT2D eigenvalue weighted by Gasteiger charge is 2.19. The van der Waals surface area contributed by atoms with Crippen LogP contribution in [0.3, 0.4) is 0 Å². The predicted octanol–water partition coefficient (Wildman–Crippen LogP) is 1.10. The van der Waals surface area contributed by atoms with E-state index in [1.54, 1.807) is 0 Å². The fourth-order valence-corrected chi connectivity index (χ4v) is 1.79. The molecular formula is C15H29N3O3. The highest BCUT2D eigenvalue weighted by molar-refractivity contribution is 5.87. The van der Waals surface area contributed by atoms with Gasteiger partial charge in [-0.25, -0.2) is 0 Å². The van der Waals surface area contributed by atoms with Crippen LogP contribution in [-0.2, 0) is 14.4 Å². The first-order valence-electron chi connectivity index (χ1n) is 7.82. The van der Waals surface area contributed by atoms with Crippen LogP contribution in [0, 0.1) is 0 Å². The van der Waals surface area contributed by atoms with Gasteiger partial charge in [-0.15, -0.1) is 0 Å². The molecular weight excluding hydrogens is 270 g/mol. The lowest BCUT2D eigenvalue weighted by Crippen LogP contribution is -2.46. The fraction of sp³-hybridized carbons (Fsp3) is 0.800. The minimum Gasteiger partial charge on any atom is -0.356 e. The standard InChI is InChI=1S/C15H29N3O3/c1-4-6-10-16-14(20)9-8-13(18-12(3)19)15(21)17-11-7-5-2/h13H,4-11H2,1-3H3,(H,16,20)(H,17,21)(H,18,19). The quantitative estimate of drug-likeness (QED) is 0.499. The molecule has 3 N–H and O–H groups in total. The predicted molar refractivity (Wildman–Crippen MR) is 82.7 cm³/mol. The van der Waals surface area contributed by atoms with Gasteiger partial charge in [-0.1, -0.05) is 26.7 Å². The van der Waals surface area contributed by atoms with E-state index in [9.17, 15) is 14.4 Å². The molecule has 0 heterocycles. The van der Waals surface area contributed by atoms with Crippen molar-refractivity contribution in [1.82, 2.24) is 16.0 Å². The minimum atomic E-state index is -0.642. The number of amides is 3. The molecule has 0 aliphatic carbocycles. The first kappa shape index (κ1) is 19.4. The summed E-state index contributed by atoms with van der Waals surface area (Å²) in [5, 5.41) is 8.18. The first-order valence-corrected chi connectivity index (χ1v) is 7.82. The van der Waals surface area contributed by atoms with Gasteiger partial charge in [0.1, 0.15) is 6.04 Å². The van der Waals surface area contributed by atoms with Crippen LogP contribution in [0.1, 0.15) is 59.3 Å². The molecule has 1 atom stereocenters. The van der Waals surface area contributed by atoms with Gasteiger partial charge in [0.15, 0.2) is 0 Å². The SMILES string of the molecule is CCCCNC(=O)CCC(NC(C)=O)C(=O)NCCCC. The van der Waals surface area contributed by atoms with Crippen molar-refractivity contribution < 1.29 is 14.4 Å². The van der Waals surface area contributed by atoms with Crippen molar-refractivity contribution >= 4 is 17.7 Å². The van der Waals surface area contributed by atoms with Gasteiger partial charge in [-0.3, -0.25) is 14.4 Å². The lowest BCUT2D eigenvalue weighted by atomic mass is 10.1. The summed E-state index contributed by atoms with van der Waals surface area (Å²) in [5.41, 5.74) is 0. The van der Waals surface area contributed by atoms with Gasteiger partial charge < -0.3 is 16.0 Å². The minimum absolute atomic E-state index is 0.0832. The Hall–Kier alpha value is -1.59. The zero-order valence-corrected chi connectivity index (χ0v) is 13.5. The van der Waals surface area contributed by atoms with Crippen molar-refractivity contribution in [2.24, 2.45) is 0 Å². The van der Waals surface area contributed by atoms with Crippen LogP contribution in [0.15, 0.2) is 0 Å². The number of carbonyl (C=O) groups excluding carboxylic acids is 3. The van der Waals surface area contributed by atoms with Gasteiger partial charge in [0.25, 0.3) is 0 Å². The average molecular weight is 299 g/mol. The second-order valence-corrected chi connectivity index (χ2v) is 5.14. The van der Waals surface area contributed by atoms with Gasteiger partial charge in [-0.2, -0.15) is 0 Å². The third-order valence-corrected chi connectivity index (χ3v) is 3.04. The summed E-state index contributed by atoms with van der Waals surface area (Å²) in [6, 6.07) is -0.642. The summed E-state index contributed by atoms with van der Waals surface area (Å²) in [7, 11) is 0. The Morgan fingerprint density at radius 3 is 2.05 bits per heavy atom. The summed E-state index contributed by atoms with van der Waals surface area (Å²) in [5.74, 6) is -0.572. The molecule has 0 rings (SSSR count). The molecule has 0 aromatic carbocycles. The normalized spacial score (nSPS) is 11.6. The van der Waals surface area contributed by atoms with E-state index < -0.39 is 6.04 Å². The van der Waals surface area contributed by atoms with Crippen LogP contribution in [0.4, 0.5) is 0 Å². The largest absolute Gasteiger partial charge is 0.356 e. The molecule has 0 spiro atoms. The number of rotatable bonds is 11. The molecule has 6 heteroatoms. The summed E-state index contributed by atoms with van der Waals surface area (Å²) in [6.45, 7) is 6.71. The third-order valence-electron chi connectivity index (χ3n) is 3.04. The maximum atomic E-state index is 12.0. The molecule has 0 saturated carbocycles. The summed E-state index contributed by atoms with van der Waals surface area (Å²) >= 11 is 0. The smallest absolute Gasteiger partial charge is 0.242 e. The molecule has 0 fully saturated rings. The first-order chi connectivity index (χ1) is 10.0. The van der Waals surface area contributed by atoms with E-state index in [4.69, 9.17) is 0 Å². The highest BCUT2D eigenvalue weighted by atomic mass is 16.2. The van der Waals surface area contributed by atoms with Gasteiger partial charge in [0.2, 0.25) is 17.7 Å². The molecule has 21 heavy (non-hydrogen) atoms. The van der Waals surface area contributed by atoms with Crippen LogP contribution in [-0.4, -0.2) is 36.9 Å². The second kappa shape index (κ2) is 12.2.